The first-order valence-electron chi connectivity index (χ1n) is 5.77. The molecule has 19 heavy (non-hydrogen) atoms. The van der Waals surface area contributed by atoms with E-state index < -0.39 is 0 Å². The lowest BCUT2D eigenvalue weighted by Gasteiger charge is -2.07. The van der Waals surface area contributed by atoms with Gasteiger partial charge in [-0.3, -0.25) is 0 Å². The van der Waals surface area contributed by atoms with Gasteiger partial charge in [0, 0.05) is 24.8 Å². The number of benzene rings is 1. The Morgan fingerprint density at radius 3 is 3.00 bits per heavy atom. The lowest BCUT2D eigenvalue weighted by atomic mass is 10.2. The van der Waals surface area contributed by atoms with Crippen LogP contribution in [0.2, 0.25) is 0 Å². The molecule has 3 rings (SSSR count). The molecule has 5 nitrogen and oxygen atoms in total. The van der Waals surface area contributed by atoms with Gasteiger partial charge in [-0.25, -0.2) is 9.97 Å². The predicted octanol–water partition coefficient (Wildman–Crippen LogP) is 2.98. The Bertz CT molecular complexity index is 664. The Hall–Kier alpha value is -1.92. The predicted molar refractivity (Wildman–Crippen MR) is 72.5 cm³/mol. The summed E-state index contributed by atoms with van der Waals surface area (Å²) in [6.07, 6.45) is 3.20. The molecular formula is C13H12N2O3S. The largest absolute Gasteiger partial charge is 0.491 e. The van der Waals surface area contributed by atoms with E-state index in [-0.39, 0.29) is 0 Å². The Morgan fingerprint density at radius 2 is 2.21 bits per heavy atom. The lowest BCUT2D eigenvalue weighted by Crippen LogP contribution is -2.04. The number of fused-ring (bicyclic) bond motifs is 1. The molecule has 0 saturated heterocycles. The van der Waals surface area contributed by atoms with Crippen molar-refractivity contribution in [3.8, 4) is 16.3 Å². The molecule has 0 radical (unpaired) electrons. The van der Waals surface area contributed by atoms with Crippen molar-refractivity contribution in [3.05, 3.63) is 30.1 Å². The van der Waals surface area contributed by atoms with E-state index in [4.69, 9.17) is 13.9 Å². The van der Waals surface area contributed by atoms with Crippen LogP contribution in [0.25, 0.3) is 21.7 Å². The van der Waals surface area contributed by atoms with Gasteiger partial charge in [-0.1, -0.05) is 0 Å². The fourth-order valence-electron chi connectivity index (χ4n) is 1.78. The van der Waals surface area contributed by atoms with Gasteiger partial charge < -0.3 is 13.9 Å². The summed E-state index contributed by atoms with van der Waals surface area (Å²) in [5, 5.41) is 2.81. The minimum atomic E-state index is 0.497. The van der Waals surface area contributed by atoms with E-state index in [0.717, 1.165) is 27.4 Å². The fourth-order valence-corrected chi connectivity index (χ4v) is 2.44. The van der Waals surface area contributed by atoms with Crippen molar-refractivity contribution in [2.75, 3.05) is 20.3 Å². The van der Waals surface area contributed by atoms with Gasteiger partial charge in [0.1, 0.15) is 22.9 Å². The Balaban J connectivity index is 2.01. The summed E-state index contributed by atoms with van der Waals surface area (Å²) >= 11 is 1.55. The summed E-state index contributed by atoms with van der Waals surface area (Å²) in [6.45, 7) is 1.04. The van der Waals surface area contributed by atoms with Gasteiger partial charge in [-0.2, -0.15) is 0 Å². The van der Waals surface area contributed by atoms with Crippen molar-refractivity contribution in [1.82, 2.24) is 9.97 Å². The van der Waals surface area contributed by atoms with Gasteiger partial charge in [0.25, 0.3) is 0 Å². The summed E-state index contributed by atoms with van der Waals surface area (Å²) in [4.78, 5) is 8.48. The van der Waals surface area contributed by atoms with Crippen LogP contribution in [0.5, 0.6) is 5.75 Å². The SMILES string of the molecule is COCCOc1cc(-c2nccs2)c2ocnc2c1. The average molecular weight is 276 g/mol. The van der Waals surface area contributed by atoms with Crippen molar-refractivity contribution in [2.45, 2.75) is 0 Å². The molecule has 0 aliphatic heterocycles. The highest BCUT2D eigenvalue weighted by Crippen LogP contribution is 2.33. The van der Waals surface area contributed by atoms with Gasteiger partial charge in [-0.15, -0.1) is 11.3 Å². The topological polar surface area (TPSA) is 57.4 Å². The molecule has 3 aromatic rings. The van der Waals surface area contributed by atoms with E-state index >= 15 is 0 Å². The van der Waals surface area contributed by atoms with Crippen LogP contribution in [0.4, 0.5) is 0 Å². The third kappa shape index (κ3) is 2.45. The van der Waals surface area contributed by atoms with E-state index in [1.165, 1.54) is 6.39 Å². The maximum Gasteiger partial charge on any atom is 0.182 e. The van der Waals surface area contributed by atoms with E-state index in [1.807, 2.05) is 17.5 Å². The minimum Gasteiger partial charge on any atom is -0.491 e. The molecule has 98 valence electrons. The quantitative estimate of drug-likeness (QED) is 0.670. The maximum absolute atomic E-state index is 5.63. The summed E-state index contributed by atoms with van der Waals surface area (Å²) in [7, 11) is 1.64. The number of rotatable bonds is 5. The summed E-state index contributed by atoms with van der Waals surface area (Å²) in [5.74, 6) is 0.739. The Kier molecular flexibility index (Phi) is 3.43. The molecule has 2 heterocycles. The monoisotopic (exact) mass is 276 g/mol. The van der Waals surface area contributed by atoms with E-state index in [1.54, 1.807) is 24.6 Å². The lowest BCUT2D eigenvalue weighted by molar-refractivity contribution is 0.146. The van der Waals surface area contributed by atoms with Crippen molar-refractivity contribution >= 4 is 22.4 Å². The first kappa shape index (κ1) is 12.1. The van der Waals surface area contributed by atoms with Gasteiger partial charge >= 0.3 is 0 Å². The second kappa shape index (κ2) is 5.38. The van der Waals surface area contributed by atoms with Crippen LogP contribution in [0.3, 0.4) is 0 Å². The minimum absolute atomic E-state index is 0.497. The zero-order valence-corrected chi connectivity index (χ0v) is 11.1. The highest BCUT2D eigenvalue weighted by atomic mass is 32.1. The molecule has 0 aliphatic rings. The molecule has 0 fully saturated rings. The number of nitrogens with zero attached hydrogens (tertiary/aromatic N) is 2. The fraction of sp³-hybridized carbons (Fsp3) is 0.231. The number of thiazole rings is 1. The highest BCUT2D eigenvalue weighted by Gasteiger charge is 2.13. The van der Waals surface area contributed by atoms with E-state index in [2.05, 4.69) is 9.97 Å². The first-order chi connectivity index (χ1) is 9.38. The number of methoxy groups -OCH3 is 1. The van der Waals surface area contributed by atoms with Crippen LogP contribution in [0.15, 0.2) is 34.5 Å². The third-order valence-electron chi connectivity index (χ3n) is 2.62. The number of oxazole rings is 1. The van der Waals surface area contributed by atoms with Gasteiger partial charge in [0.2, 0.25) is 0 Å². The second-order valence-corrected chi connectivity index (χ2v) is 4.74. The van der Waals surface area contributed by atoms with Crippen LogP contribution in [0.1, 0.15) is 0 Å². The molecule has 0 unspecified atom stereocenters. The summed E-state index contributed by atoms with van der Waals surface area (Å²) in [5.41, 5.74) is 2.39. The molecule has 0 amide bonds. The van der Waals surface area contributed by atoms with E-state index in [9.17, 15) is 0 Å². The van der Waals surface area contributed by atoms with Crippen LogP contribution >= 0.6 is 11.3 Å². The molecule has 2 aromatic heterocycles. The normalized spacial score (nSPS) is 11.0. The van der Waals surface area contributed by atoms with Crippen molar-refractivity contribution in [1.29, 1.82) is 0 Å². The van der Waals surface area contributed by atoms with Gasteiger partial charge in [-0.05, 0) is 6.07 Å². The third-order valence-corrected chi connectivity index (χ3v) is 3.43. The van der Waals surface area contributed by atoms with Crippen molar-refractivity contribution < 1.29 is 13.9 Å². The number of hydrogen-bond acceptors (Lipinski definition) is 6. The number of hydrogen-bond donors (Lipinski definition) is 0. The smallest absolute Gasteiger partial charge is 0.182 e. The van der Waals surface area contributed by atoms with Crippen molar-refractivity contribution in [2.24, 2.45) is 0 Å². The second-order valence-electron chi connectivity index (χ2n) is 3.85. The zero-order valence-electron chi connectivity index (χ0n) is 10.3. The average Bonchev–Trinajstić information content (AvgIpc) is 3.09. The van der Waals surface area contributed by atoms with Crippen LogP contribution in [0, 0.1) is 0 Å². The number of aromatic nitrogens is 2. The molecular weight excluding hydrogens is 264 g/mol. The summed E-state index contributed by atoms with van der Waals surface area (Å²) in [6, 6.07) is 3.77. The van der Waals surface area contributed by atoms with E-state index in [0.29, 0.717) is 13.2 Å². The molecule has 0 N–H and O–H groups in total. The standard InChI is InChI=1S/C13H12N2O3S/c1-16-3-4-17-9-6-10(13-14-2-5-19-13)12-11(7-9)15-8-18-12/h2,5-8H,3-4H2,1H3. The van der Waals surface area contributed by atoms with Gasteiger partial charge in [0.05, 0.1) is 12.2 Å². The first-order valence-corrected chi connectivity index (χ1v) is 6.65. The zero-order chi connectivity index (χ0) is 13.1. The number of ether oxygens (including phenoxy) is 2. The molecule has 0 atom stereocenters. The molecule has 0 bridgehead atoms. The molecule has 0 aliphatic carbocycles. The van der Waals surface area contributed by atoms with Crippen LogP contribution in [-0.4, -0.2) is 30.3 Å². The molecule has 1 aromatic carbocycles. The Morgan fingerprint density at radius 1 is 1.26 bits per heavy atom. The molecule has 0 spiro atoms. The van der Waals surface area contributed by atoms with Crippen molar-refractivity contribution in [3.63, 3.8) is 0 Å². The molecule has 0 saturated carbocycles. The highest BCUT2D eigenvalue weighted by molar-refractivity contribution is 7.13. The summed E-state index contributed by atoms with van der Waals surface area (Å²) < 4.78 is 16.0. The molecule has 6 heteroatoms. The maximum atomic E-state index is 5.63. The van der Waals surface area contributed by atoms with Gasteiger partial charge in [0.15, 0.2) is 12.0 Å². The van der Waals surface area contributed by atoms with Crippen LogP contribution in [-0.2, 0) is 4.74 Å². The van der Waals surface area contributed by atoms with Crippen LogP contribution < -0.4 is 4.74 Å². The Labute approximate surface area is 113 Å².